The van der Waals surface area contributed by atoms with Gasteiger partial charge in [-0.15, -0.1) is 0 Å². The van der Waals surface area contributed by atoms with Gasteiger partial charge in [0.2, 0.25) is 5.91 Å². The van der Waals surface area contributed by atoms with Crippen molar-refractivity contribution in [2.24, 2.45) is 0 Å². The average Bonchev–Trinajstić information content (AvgIpc) is 2.97. The van der Waals surface area contributed by atoms with Gasteiger partial charge in [0, 0.05) is 18.2 Å². The summed E-state index contributed by atoms with van der Waals surface area (Å²) in [6.45, 7) is 0.486. The summed E-state index contributed by atoms with van der Waals surface area (Å²) >= 11 is 0. The molecule has 0 bridgehead atoms. The number of hydrogen-bond acceptors (Lipinski definition) is 4. The highest BCUT2D eigenvalue weighted by atomic mass is 16.5. The summed E-state index contributed by atoms with van der Waals surface area (Å²) in [6, 6.07) is 12.9. The lowest BCUT2D eigenvalue weighted by molar-refractivity contribution is -0.126. The topological polar surface area (TPSA) is 67.9 Å². The molecule has 1 unspecified atom stereocenters. The summed E-state index contributed by atoms with van der Waals surface area (Å²) in [5.41, 5.74) is 2.54. The molecule has 2 amide bonds. The molecule has 4 rings (SSSR count). The first-order valence-corrected chi connectivity index (χ1v) is 11.5. The number of methoxy groups -OCH3 is 2. The fourth-order valence-corrected chi connectivity index (χ4v) is 4.98. The molecule has 1 aliphatic carbocycles. The van der Waals surface area contributed by atoms with E-state index >= 15 is 0 Å². The Kier molecular flexibility index (Phi) is 6.98. The van der Waals surface area contributed by atoms with Crippen LogP contribution in [0.3, 0.4) is 0 Å². The standard InChI is InChI=1S/C26H32N2O4/c1-31-22-14-13-18(17-23(22)32-2)15-16-27-25(29)24-20-11-7-8-12-21(20)26(30)28(24)19-9-5-3-4-6-10-19/h7-8,11-14,17,19,24H,3-6,9-10,15-16H2,1-2H3,(H,27,29). The fraction of sp³-hybridized carbons (Fsp3) is 0.462. The summed E-state index contributed by atoms with van der Waals surface area (Å²) in [6.07, 6.45) is 7.22. The van der Waals surface area contributed by atoms with Crippen LogP contribution in [0.1, 0.15) is 66.1 Å². The van der Waals surface area contributed by atoms with E-state index in [-0.39, 0.29) is 17.9 Å². The Morgan fingerprint density at radius 2 is 1.72 bits per heavy atom. The lowest BCUT2D eigenvalue weighted by Gasteiger charge is -2.32. The average molecular weight is 437 g/mol. The van der Waals surface area contributed by atoms with Gasteiger partial charge in [0.1, 0.15) is 6.04 Å². The van der Waals surface area contributed by atoms with Crippen molar-refractivity contribution in [2.45, 2.75) is 57.0 Å². The quantitative estimate of drug-likeness (QED) is 0.658. The number of benzene rings is 2. The number of amides is 2. The molecule has 0 saturated heterocycles. The first-order chi connectivity index (χ1) is 15.6. The van der Waals surface area contributed by atoms with E-state index in [1.165, 1.54) is 12.8 Å². The van der Waals surface area contributed by atoms with Crippen molar-refractivity contribution in [3.63, 3.8) is 0 Å². The number of nitrogens with zero attached hydrogens (tertiary/aromatic N) is 1. The third-order valence-corrected chi connectivity index (χ3v) is 6.63. The molecule has 0 aromatic heterocycles. The molecule has 6 heteroatoms. The second-order valence-electron chi connectivity index (χ2n) is 8.58. The van der Waals surface area contributed by atoms with E-state index in [1.807, 2.05) is 47.4 Å². The number of carbonyl (C=O) groups excluding carboxylic acids is 2. The van der Waals surface area contributed by atoms with Gasteiger partial charge in [-0.1, -0.05) is 49.9 Å². The van der Waals surface area contributed by atoms with Crippen molar-refractivity contribution in [2.75, 3.05) is 20.8 Å². The minimum absolute atomic E-state index is 0.00691. The molecule has 1 saturated carbocycles. The number of ether oxygens (including phenoxy) is 2. The number of fused-ring (bicyclic) bond motifs is 1. The molecule has 1 atom stereocenters. The fourth-order valence-electron chi connectivity index (χ4n) is 4.98. The summed E-state index contributed by atoms with van der Waals surface area (Å²) in [7, 11) is 3.22. The van der Waals surface area contributed by atoms with E-state index in [0.29, 0.717) is 30.0 Å². The van der Waals surface area contributed by atoms with Crippen molar-refractivity contribution in [1.82, 2.24) is 10.2 Å². The van der Waals surface area contributed by atoms with Crippen LogP contribution < -0.4 is 14.8 Å². The van der Waals surface area contributed by atoms with E-state index in [9.17, 15) is 9.59 Å². The van der Waals surface area contributed by atoms with E-state index < -0.39 is 6.04 Å². The maximum Gasteiger partial charge on any atom is 0.255 e. The first kappa shape index (κ1) is 22.2. The van der Waals surface area contributed by atoms with Crippen molar-refractivity contribution in [3.05, 3.63) is 59.2 Å². The van der Waals surface area contributed by atoms with Gasteiger partial charge >= 0.3 is 0 Å². The molecule has 1 fully saturated rings. The number of nitrogens with one attached hydrogen (secondary N) is 1. The van der Waals surface area contributed by atoms with Gasteiger partial charge in [-0.3, -0.25) is 9.59 Å². The van der Waals surface area contributed by atoms with Crippen LogP contribution in [0.2, 0.25) is 0 Å². The van der Waals surface area contributed by atoms with Gasteiger partial charge in [0.25, 0.3) is 5.91 Å². The molecule has 170 valence electrons. The van der Waals surface area contributed by atoms with Crippen LogP contribution in [0.15, 0.2) is 42.5 Å². The van der Waals surface area contributed by atoms with Crippen LogP contribution in [-0.2, 0) is 11.2 Å². The smallest absolute Gasteiger partial charge is 0.255 e. The van der Waals surface area contributed by atoms with Crippen LogP contribution >= 0.6 is 0 Å². The number of hydrogen-bond donors (Lipinski definition) is 1. The Labute approximate surface area is 189 Å². The zero-order chi connectivity index (χ0) is 22.5. The van der Waals surface area contributed by atoms with Crippen molar-refractivity contribution in [1.29, 1.82) is 0 Å². The second kappa shape index (κ2) is 10.1. The molecule has 2 aromatic rings. The zero-order valence-corrected chi connectivity index (χ0v) is 18.9. The Morgan fingerprint density at radius 1 is 1.00 bits per heavy atom. The molecule has 6 nitrogen and oxygen atoms in total. The van der Waals surface area contributed by atoms with Gasteiger partial charge in [0.05, 0.1) is 14.2 Å². The highest BCUT2D eigenvalue weighted by Crippen LogP contribution is 2.38. The Morgan fingerprint density at radius 3 is 2.44 bits per heavy atom. The summed E-state index contributed by atoms with van der Waals surface area (Å²) in [4.78, 5) is 28.5. The van der Waals surface area contributed by atoms with Crippen LogP contribution in [0.5, 0.6) is 11.5 Å². The van der Waals surface area contributed by atoms with E-state index in [4.69, 9.17) is 9.47 Å². The van der Waals surface area contributed by atoms with Crippen LogP contribution in [-0.4, -0.2) is 43.5 Å². The van der Waals surface area contributed by atoms with Crippen LogP contribution in [0.4, 0.5) is 0 Å². The summed E-state index contributed by atoms with van der Waals surface area (Å²) < 4.78 is 10.7. The normalized spacial score (nSPS) is 18.8. The van der Waals surface area contributed by atoms with Crippen molar-refractivity contribution >= 4 is 11.8 Å². The molecule has 2 aromatic carbocycles. The minimum Gasteiger partial charge on any atom is -0.493 e. The van der Waals surface area contributed by atoms with E-state index in [1.54, 1.807) is 14.2 Å². The lowest BCUT2D eigenvalue weighted by Crippen LogP contribution is -2.45. The zero-order valence-electron chi connectivity index (χ0n) is 18.9. The molecular formula is C26H32N2O4. The maximum absolute atomic E-state index is 13.4. The van der Waals surface area contributed by atoms with Crippen molar-refractivity contribution in [3.8, 4) is 11.5 Å². The van der Waals surface area contributed by atoms with Gasteiger partial charge in [-0.05, 0) is 48.6 Å². The van der Waals surface area contributed by atoms with E-state index in [0.717, 1.165) is 36.8 Å². The van der Waals surface area contributed by atoms with Crippen LogP contribution in [0.25, 0.3) is 0 Å². The molecule has 1 N–H and O–H groups in total. The summed E-state index contributed by atoms with van der Waals surface area (Å²) in [5.74, 6) is 1.24. The van der Waals surface area contributed by atoms with E-state index in [2.05, 4.69) is 5.32 Å². The van der Waals surface area contributed by atoms with Gasteiger partial charge in [-0.2, -0.15) is 0 Å². The predicted molar refractivity (Wildman–Crippen MR) is 123 cm³/mol. The Hall–Kier alpha value is -3.02. The third-order valence-electron chi connectivity index (χ3n) is 6.63. The SMILES string of the molecule is COc1ccc(CCNC(=O)C2c3ccccc3C(=O)N2C2CCCCCC2)cc1OC. The number of rotatable bonds is 7. The predicted octanol–water partition coefficient (Wildman–Crippen LogP) is 4.28. The summed E-state index contributed by atoms with van der Waals surface area (Å²) in [5, 5.41) is 3.08. The molecule has 1 heterocycles. The van der Waals surface area contributed by atoms with Gasteiger partial charge in [-0.25, -0.2) is 0 Å². The van der Waals surface area contributed by atoms with Crippen LogP contribution in [0, 0.1) is 0 Å². The molecule has 2 aliphatic rings. The highest BCUT2D eigenvalue weighted by Gasteiger charge is 2.44. The minimum atomic E-state index is -0.549. The molecular weight excluding hydrogens is 404 g/mol. The Bertz CT molecular complexity index is 966. The molecule has 32 heavy (non-hydrogen) atoms. The lowest BCUT2D eigenvalue weighted by atomic mass is 10.0. The van der Waals surface area contributed by atoms with Gasteiger partial charge < -0.3 is 19.7 Å². The highest BCUT2D eigenvalue weighted by molar-refractivity contribution is 6.04. The third kappa shape index (κ3) is 4.45. The maximum atomic E-state index is 13.4. The monoisotopic (exact) mass is 436 g/mol. The molecule has 1 aliphatic heterocycles. The number of carbonyl (C=O) groups is 2. The molecule has 0 radical (unpaired) electrons. The first-order valence-electron chi connectivity index (χ1n) is 11.5. The Balaban J connectivity index is 1.48. The van der Waals surface area contributed by atoms with Crippen molar-refractivity contribution < 1.29 is 19.1 Å². The molecule has 0 spiro atoms. The second-order valence-corrected chi connectivity index (χ2v) is 8.58. The van der Waals surface area contributed by atoms with Gasteiger partial charge in [0.15, 0.2) is 11.5 Å². The largest absolute Gasteiger partial charge is 0.493 e.